The van der Waals surface area contributed by atoms with E-state index in [9.17, 15) is 10.2 Å². The van der Waals surface area contributed by atoms with E-state index in [0.717, 1.165) is 0 Å². The first-order chi connectivity index (χ1) is 9.74. The normalized spacial score (nSPS) is 50.7. The van der Waals surface area contributed by atoms with E-state index in [1.807, 2.05) is 0 Å². The van der Waals surface area contributed by atoms with Crippen molar-refractivity contribution in [3.63, 3.8) is 0 Å². The van der Waals surface area contributed by atoms with E-state index in [-0.39, 0.29) is 10.1 Å². The zero-order valence-electron chi connectivity index (χ0n) is 11.2. The molecule has 0 saturated heterocycles. The van der Waals surface area contributed by atoms with Crippen LogP contribution in [0.1, 0.15) is 0 Å². The Kier molecular flexibility index (Phi) is 3.69. The van der Waals surface area contributed by atoms with Crippen LogP contribution in [-0.2, 0) is 9.47 Å². The van der Waals surface area contributed by atoms with Crippen LogP contribution in [0.15, 0.2) is 22.2 Å². The first-order valence-electron chi connectivity index (χ1n) is 6.32. The van der Waals surface area contributed by atoms with Gasteiger partial charge >= 0.3 is 0 Å². The maximum absolute atomic E-state index is 10.3. The largest absolute Gasteiger partial charge is 0.389 e. The molecule has 4 nitrogen and oxygen atoms in total. The molecule has 2 bridgehead atoms. The average Bonchev–Trinajstić information content (AvgIpc) is 2.72. The molecule has 21 heavy (non-hydrogen) atoms. The number of rotatable bonds is 2. The standard InChI is InChI=1S/C13H14Cl4O4/c1-20-13(21-2)11(16)7-5(18)3-4-6(19)8(7)12(13,17)10(15)9(11)14/h3-8,18-19H,1-2H3/t5-,6+,7+,8-,11+,12-. The molecule has 3 rings (SSSR count). The van der Waals surface area contributed by atoms with Gasteiger partial charge < -0.3 is 19.7 Å². The van der Waals surface area contributed by atoms with Gasteiger partial charge in [0.05, 0.1) is 22.3 Å². The van der Waals surface area contributed by atoms with Crippen molar-refractivity contribution in [1.82, 2.24) is 0 Å². The topological polar surface area (TPSA) is 58.9 Å². The summed E-state index contributed by atoms with van der Waals surface area (Å²) < 4.78 is 11.0. The second kappa shape index (κ2) is 4.74. The van der Waals surface area contributed by atoms with Gasteiger partial charge in [-0.3, -0.25) is 0 Å². The molecule has 0 aliphatic heterocycles. The van der Waals surface area contributed by atoms with Crippen LogP contribution in [0.5, 0.6) is 0 Å². The molecule has 2 N–H and O–H groups in total. The van der Waals surface area contributed by atoms with Gasteiger partial charge in [0.2, 0.25) is 5.79 Å². The SMILES string of the molecule is COC1(OC)[C@@]2(Cl)C(Cl)=C(Cl)[C@]1(Cl)[C@H]1[C@@H]2[C@H](O)C=C[C@@H]1O. The van der Waals surface area contributed by atoms with Gasteiger partial charge in [-0.25, -0.2) is 0 Å². The lowest BCUT2D eigenvalue weighted by Gasteiger charge is -2.41. The summed E-state index contributed by atoms with van der Waals surface area (Å²) in [5.74, 6) is -3.00. The Balaban J connectivity index is 2.34. The number of hydrogen-bond donors (Lipinski definition) is 2. The molecule has 8 heteroatoms. The van der Waals surface area contributed by atoms with Gasteiger partial charge in [0.25, 0.3) is 0 Å². The predicted octanol–water partition coefficient (Wildman–Crippen LogP) is 2.17. The monoisotopic (exact) mass is 374 g/mol. The molecular weight excluding hydrogens is 362 g/mol. The number of aliphatic hydroxyl groups excluding tert-OH is 2. The summed E-state index contributed by atoms with van der Waals surface area (Å²) in [4.78, 5) is -2.99. The van der Waals surface area contributed by atoms with E-state index in [2.05, 4.69) is 0 Å². The summed E-state index contributed by atoms with van der Waals surface area (Å²) in [7, 11) is 2.75. The zero-order chi connectivity index (χ0) is 15.8. The number of alkyl halides is 2. The Morgan fingerprint density at radius 2 is 1.24 bits per heavy atom. The van der Waals surface area contributed by atoms with Gasteiger partial charge in [-0.15, -0.1) is 23.2 Å². The number of ether oxygens (including phenoxy) is 2. The smallest absolute Gasteiger partial charge is 0.217 e. The maximum Gasteiger partial charge on any atom is 0.217 e. The van der Waals surface area contributed by atoms with Crippen LogP contribution in [0.2, 0.25) is 0 Å². The molecule has 1 saturated carbocycles. The molecule has 0 unspecified atom stereocenters. The van der Waals surface area contributed by atoms with Crippen LogP contribution in [0.25, 0.3) is 0 Å². The van der Waals surface area contributed by atoms with Crippen molar-refractivity contribution in [3.05, 3.63) is 22.2 Å². The molecule has 6 atom stereocenters. The third-order valence-electron chi connectivity index (χ3n) is 4.91. The van der Waals surface area contributed by atoms with Gasteiger partial charge in [0, 0.05) is 26.1 Å². The second-order valence-electron chi connectivity index (χ2n) is 5.49. The van der Waals surface area contributed by atoms with Gasteiger partial charge in [-0.2, -0.15) is 0 Å². The second-order valence-corrected chi connectivity index (χ2v) is 7.44. The molecule has 0 heterocycles. The van der Waals surface area contributed by atoms with Crippen molar-refractivity contribution >= 4 is 46.4 Å². The summed E-state index contributed by atoms with van der Waals surface area (Å²) in [5, 5.41) is 20.9. The lowest BCUT2D eigenvalue weighted by molar-refractivity contribution is -0.222. The summed E-state index contributed by atoms with van der Waals surface area (Å²) in [6, 6.07) is 0. The molecule has 0 aromatic carbocycles. The van der Waals surface area contributed by atoms with Crippen LogP contribution in [0.3, 0.4) is 0 Å². The summed E-state index contributed by atoms with van der Waals surface area (Å²) in [6.07, 6.45) is 1.01. The molecule has 0 aromatic rings. The van der Waals surface area contributed by atoms with E-state index >= 15 is 0 Å². The highest BCUT2D eigenvalue weighted by atomic mass is 35.5. The minimum absolute atomic E-state index is 0.0762. The van der Waals surface area contributed by atoms with Crippen molar-refractivity contribution in [3.8, 4) is 0 Å². The van der Waals surface area contributed by atoms with Crippen LogP contribution in [-0.4, -0.2) is 52.2 Å². The zero-order valence-corrected chi connectivity index (χ0v) is 14.2. The van der Waals surface area contributed by atoms with Crippen LogP contribution in [0.4, 0.5) is 0 Å². The third-order valence-corrected chi connectivity index (χ3v) is 7.56. The van der Waals surface area contributed by atoms with E-state index in [1.165, 1.54) is 26.4 Å². The quantitative estimate of drug-likeness (QED) is 0.441. The first-order valence-corrected chi connectivity index (χ1v) is 7.84. The number of methoxy groups -OCH3 is 2. The molecule has 0 amide bonds. The number of hydrogen-bond acceptors (Lipinski definition) is 4. The minimum atomic E-state index is -1.60. The Labute approximate surface area is 142 Å². The van der Waals surface area contributed by atoms with Crippen LogP contribution >= 0.6 is 46.4 Å². The molecule has 118 valence electrons. The van der Waals surface area contributed by atoms with Crippen molar-refractivity contribution in [1.29, 1.82) is 0 Å². The molecule has 3 aliphatic rings. The molecule has 1 fully saturated rings. The number of fused-ring (bicyclic) bond motifs is 5. The van der Waals surface area contributed by atoms with E-state index in [0.29, 0.717) is 0 Å². The van der Waals surface area contributed by atoms with E-state index < -0.39 is 39.6 Å². The highest BCUT2D eigenvalue weighted by molar-refractivity contribution is 6.52. The van der Waals surface area contributed by atoms with Crippen molar-refractivity contribution in [2.45, 2.75) is 27.7 Å². The summed E-state index contributed by atoms with van der Waals surface area (Å²) >= 11 is 26.2. The van der Waals surface area contributed by atoms with Gasteiger partial charge in [0.1, 0.15) is 9.75 Å². The van der Waals surface area contributed by atoms with Gasteiger partial charge in [-0.1, -0.05) is 35.4 Å². The van der Waals surface area contributed by atoms with Crippen molar-refractivity contribution < 1.29 is 19.7 Å². The highest BCUT2D eigenvalue weighted by Crippen LogP contribution is 2.75. The Morgan fingerprint density at radius 1 is 0.905 bits per heavy atom. The van der Waals surface area contributed by atoms with Gasteiger partial charge in [-0.05, 0) is 0 Å². The molecule has 0 spiro atoms. The minimum Gasteiger partial charge on any atom is -0.389 e. The third kappa shape index (κ3) is 1.45. The Morgan fingerprint density at radius 3 is 1.52 bits per heavy atom. The fourth-order valence-electron chi connectivity index (χ4n) is 4.14. The summed E-state index contributed by atoms with van der Waals surface area (Å²) in [5.41, 5.74) is 0. The predicted molar refractivity (Wildman–Crippen MR) is 80.8 cm³/mol. The van der Waals surface area contributed by atoms with Gasteiger partial charge in [0.15, 0.2) is 0 Å². The fourth-order valence-corrected chi connectivity index (χ4v) is 6.41. The number of halogens is 4. The molecule has 3 aliphatic carbocycles. The number of aliphatic hydroxyl groups is 2. The highest BCUT2D eigenvalue weighted by Gasteiger charge is 2.86. The van der Waals surface area contributed by atoms with E-state index in [1.54, 1.807) is 0 Å². The van der Waals surface area contributed by atoms with Crippen LogP contribution < -0.4 is 0 Å². The van der Waals surface area contributed by atoms with E-state index in [4.69, 9.17) is 55.9 Å². The average molecular weight is 376 g/mol. The lowest BCUT2D eigenvalue weighted by atomic mass is 9.72. The lowest BCUT2D eigenvalue weighted by Crippen LogP contribution is -2.58. The maximum atomic E-state index is 10.3. The first kappa shape index (κ1) is 16.3. The fraction of sp³-hybridized carbons (Fsp3) is 0.692. The van der Waals surface area contributed by atoms with Crippen molar-refractivity contribution in [2.75, 3.05) is 14.2 Å². The molecule has 0 radical (unpaired) electrons. The summed E-state index contributed by atoms with van der Waals surface area (Å²) in [6.45, 7) is 0. The molecular formula is C13H14Cl4O4. The van der Waals surface area contributed by atoms with Crippen molar-refractivity contribution in [2.24, 2.45) is 11.8 Å². The molecule has 0 aromatic heterocycles. The Hall–Kier alpha value is 0.480. The Bertz CT molecular complexity index is 504. The van der Waals surface area contributed by atoms with Crippen LogP contribution in [0, 0.1) is 11.8 Å².